The Hall–Kier alpha value is -4.41. The van der Waals surface area contributed by atoms with Crippen molar-refractivity contribution in [3.05, 3.63) is 71.4 Å². The number of fused-ring (bicyclic) bond motifs is 5. The molecular weight excluding hydrogens is 536 g/mol. The van der Waals surface area contributed by atoms with E-state index in [4.69, 9.17) is 9.15 Å². The molecule has 42 heavy (non-hydrogen) atoms. The van der Waals surface area contributed by atoms with Crippen LogP contribution in [0.4, 0.5) is 10.5 Å². The van der Waals surface area contributed by atoms with Crippen molar-refractivity contribution < 1.29 is 23.5 Å². The fourth-order valence-corrected chi connectivity index (χ4v) is 4.55. The second-order valence-corrected chi connectivity index (χ2v) is 11.3. The van der Waals surface area contributed by atoms with Crippen LogP contribution in [-0.4, -0.2) is 56.3 Å². The van der Waals surface area contributed by atoms with Crippen LogP contribution in [0.1, 0.15) is 93.1 Å². The lowest BCUT2D eigenvalue weighted by Gasteiger charge is -2.29. The number of rotatable bonds is 1. The molecule has 4 rings (SSSR count). The number of amides is 3. The molecule has 11 heteroatoms. The number of ether oxygens (including phenoxy) is 1. The first-order valence-electron chi connectivity index (χ1n) is 14.4. The normalized spacial score (nSPS) is 17.5. The predicted octanol–water partition coefficient (Wildman–Crippen LogP) is 5.76. The average Bonchev–Trinajstić information content (AvgIpc) is 3.50. The number of aromatic nitrogens is 3. The van der Waals surface area contributed by atoms with Crippen LogP contribution in [0.15, 0.2) is 58.5 Å². The molecule has 0 saturated heterocycles. The zero-order valence-corrected chi connectivity index (χ0v) is 25.0. The van der Waals surface area contributed by atoms with Gasteiger partial charge < -0.3 is 19.8 Å². The Bertz CT molecular complexity index is 1440. The van der Waals surface area contributed by atoms with Crippen LogP contribution in [0.25, 0.3) is 5.57 Å². The van der Waals surface area contributed by atoms with E-state index >= 15 is 0 Å². The van der Waals surface area contributed by atoms with Gasteiger partial charge in [0, 0.05) is 44.0 Å². The van der Waals surface area contributed by atoms with E-state index in [0.717, 1.165) is 43.4 Å². The Kier molecular flexibility index (Phi) is 9.82. The van der Waals surface area contributed by atoms with Gasteiger partial charge in [0.05, 0.1) is 5.69 Å². The van der Waals surface area contributed by atoms with Gasteiger partial charge in [-0.25, -0.2) is 9.78 Å². The first kappa shape index (κ1) is 30.5. The van der Waals surface area contributed by atoms with Crippen LogP contribution in [0.5, 0.6) is 0 Å². The molecule has 4 bridgehead atoms. The highest BCUT2D eigenvalue weighted by Gasteiger charge is 2.27. The molecule has 0 saturated carbocycles. The fourth-order valence-electron chi connectivity index (χ4n) is 4.55. The molecule has 3 amide bonds. The summed E-state index contributed by atoms with van der Waals surface area (Å²) in [6.07, 6.45) is 16.8. The largest absolute Gasteiger partial charge is 0.444 e. The average molecular weight is 577 g/mol. The Morgan fingerprint density at radius 1 is 1.12 bits per heavy atom. The molecular formula is C31H40N6O5. The van der Waals surface area contributed by atoms with Crippen molar-refractivity contribution >= 4 is 29.2 Å². The molecule has 224 valence electrons. The van der Waals surface area contributed by atoms with E-state index in [1.165, 1.54) is 10.9 Å². The number of hydrogen-bond donors (Lipinski definition) is 2. The second-order valence-electron chi connectivity index (χ2n) is 11.3. The van der Waals surface area contributed by atoms with Gasteiger partial charge in [-0.05, 0) is 65.0 Å². The summed E-state index contributed by atoms with van der Waals surface area (Å²) in [6, 6.07) is 0. The molecule has 0 radical (unpaired) electrons. The molecule has 0 spiro atoms. The summed E-state index contributed by atoms with van der Waals surface area (Å²) in [7, 11) is 1.68. The van der Waals surface area contributed by atoms with Crippen molar-refractivity contribution in [3.63, 3.8) is 0 Å². The summed E-state index contributed by atoms with van der Waals surface area (Å²) < 4.78 is 13.0. The maximum absolute atomic E-state index is 13.4. The van der Waals surface area contributed by atoms with Crippen molar-refractivity contribution in [2.45, 2.75) is 71.8 Å². The number of hydrogen-bond acceptors (Lipinski definition) is 7. The lowest BCUT2D eigenvalue weighted by Crippen LogP contribution is -2.37. The van der Waals surface area contributed by atoms with Crippen molar-refractivity contribution in [3.8, 4) is 0 Å². The zero-order chi connectivity index (χ0) is 30.3. The van der Waals surface area contributed by atoms with Gasteiger partial charge in [-0.2, -0.15) is 5.10 Å². The number of carbonyl (C=O) groups excluding carboxylic acids is 3. The van der Waals surface area contributed by atoms with E-state index in [-0.39, 0.29) is 28.9 Å². The van der Waals surface area contributed by atoms with Crippen molar-refractivity contribution in [1.82, 2.24) is 25.0 Å². The highest BCUT2D eigenvalue weighted by Crippen LogP contribution is 2.29. The molecule has 11 nitrogen and oxygen atoms in total. The fraction of sp³-hybridized carbons (Fsp3) is 0.452. The highest BCUT2D eigenvalue weighted by molar-refractivity contribution is 6.07. The molecule has 0 unspecified atom stereocenters. The lowest BCUT2D eigenvalue weighted by atomic mass is 10.1. The van der Waals surface area contributed by atoms with Gasteiger partial charge in [-0.3, -0.25) is 19.2 Å². The van der Waals surface area contributed by atoms with Gasteiger partial charge in [0.15, 0.2) is 11.4 Å². The molecule has 2 aromatic rings. The minimum atomic E-state index is -0.652. The maximum atomic E-state index is 13.4. The minimum Gasteiger partial charge on any atom is -0.444 e. The third kappa shape index (κ3) is 8.08. The van der Waals surface area contributed by atoms with Crippen LogP contribution < -0.4 is 10.6 Å². The minimum absolute atomic E-state index is 0.0426. The molecule has 3 heterocycles. The van der Waals surface area contributed by atoms with Gasteiger partial charge in [0.2, 0.25) is 5.89 Å². The topological polar surface area (TPSA) is 132 Å². The summed E-state index contributed by atoms with van der Waals surface area (Å²) in [6.45, 7) is 8.55. The smallest absolute Gasteiger partial charge is 0.414 e. The number of nitrogens with zero attached hydrogens (tertiary/aromatic N) is 4. The molecule has 2 aliphatic rings. The molecule has 0 aromatic carbocycles. The first-order valence-corrected chi connectivity index (χ1v) is 14.4. The first-order chi connectivity index (χ1) is 20.0. The monoisotopic (exact) mass is 576 g/mol. The van der Waals surface area contributed by atoms with Gasteiger partial charge in [0.25, 0.3) is 11.8 Å². The van der Waals surface area contributed by atoms with Gasteiger partial charge >= 0.3 is 6.09 Å². The summed E-state index contributed by atoms with van der Waals surface area (Å²) in [5, 5.41) is 9.82. The summed E-state index contributed by atoms with van der Waals surface area (Å²) in [5.74, 6) is -0.682. The third-order valence-electron chi connectivity index (χ3n) is 6.67. The van der Waals surface area contributed by atoms with E-state index in [1.807, 2.05) is 39.0 Å². The Morgan fingerprint density at radius 2 is 1.88 bits per heavy atom. The van der Waals surface area contributed by atoms with Gasteiger partial charge in [-0.1, -0.05) is 30.7 Å². The third-order valence-corrected chi connectivity index (χ3v) is 6.67. The standard InChI is InChI=1S/C31H40N6O5/c1-6-21-13-14-22-18-23(17-21)37(30(40)42-31(2,3)4)16-12-10-8-7-9-11-15-32-28(39)26-24(19-36(5)35-26)33-27(38)25-20-41-29(22)34-25/h7-8,13-14,18-20H,6,9-12,15-17H2,1-5H3,(H,32,39)(H,33,38). The van der Waals surface area contributed by atoms with Crippen molar-refractivity contribution in [2.75, 3.05) is 18.4 Å². The molecule has 0 atom stereocenters. The molecule has 1 aliphatic carbocycles. The van der Waals surface area contributed by atoms with Crippen LogP contribution in [0.3, 0.4) is 0 Å². The van der Waals surface area contributed by atoms with E-state index in [1.54, 1.807) is 18.1 Å². The number of carbonyl (C=O) groups is 3. The molecule has 1 aliphatic heterocycles. The van der Waals surface area contributed by atoms with E-state index < -0.39 is 17.6 Å². The van der Waals surface area contributed by atoms with Crippen LogP contribution in [-0.2, 0) is 11.8 Å². The van der Waals surface area contributed by atoms with Crippen molar-refractivity contribution in [1.29, 1.82) is 0 Å². The van der Waals surface area contributed by atoms with Crippen LogP contribution >= 0.6 is 0 Å². The maximum Gasteiger partial charge on any atom is 0.414 e. The summed E-state index contributed by atoms with van der Waals surface area (Å²) in [4.78, 5) is 45.5. The summed E-state index contributed by atoms with van der Waals surface area (Å²) in [5.41, 5.74) is 2.30. The SMILES string of the molecule is CCC1=CC=C2C=C(C1)N(C(=O)OC(C)(C)C)CCCC=CCCCNC(=O)c1nn(C)cc1NC(=O)c1coc2n1. The van der Waals surface area contributed by atoms with E-state index in [2.05, 4.69) is 39.8 Å². The van der Waals surface area contributed by atoms with Crippen LogP contribution in [0, 0.1) is 0 Å². The lowest BCUT2D eigenvalue weighted by molar-refractivity contribution is 0.0308. The van der Waals surface area contributed by atoms with Gasteiger partial charge in [-0.15, -0.1) is 0 Å². The number of nitrogens with one attached hydrogen (secondary N) is 2. The molecule has 2 aromatic heterocycles. The quantitative estimate of drug-likeness (QED) is 0.412. The molecule has 0 fully saturated rings. The zero-order valence-electron chi connectivity index (χ0n) is 25.0. The number of oxazole rings is 1. The highest BCUT2D eigenvalue weighted by atomic mass is 16.6. The van der Waals surface area contributed by atoms with Crippen molar-refractivity contribution in [2.24, 2.45) is 7.05 Å². The number of allylic oxidation sites excluding steroid dienone is 7. The van der Waals surface area contributed by atoms with E-state index in [0.29, 0.717) is 25.1 Å². The number of aryl methyl sites for hydroxylation is 1. The van der Waals surface area contributed by atoms with E-state index in [9.17, 15) is 14.4 Å². The Balaban J connectivity index is 1.71. The van der Waals surface area contributed by atoms with Crippen LogP contribution in [0.2, 0.25) is 0 Å². The number of anilines is 1. The predicted molar refractivity (Wildman–Crippen MR) is 160 cm³/mol. The Morgan fingerprint density at radius 3 is 2.62 bits per heavy atom. The Labute approximate surface area is 246 Å². The van der Waals surface area contributed by atoms with Gasteiger partial charge in [0.1, 0.15) is 11.9 Å². The summed E-state index contributed by atoms with van der Waals surface area (Å²) >= 11 is 0. The second kappa shape index (κ2) is 13.5. The molecule has 2 N–H and O–H groups in total.